The number of hydrogen-bond donors (Lipinski definition) is 1. The molecule has 14 heteroatoms. The molecule has 29 atom stereocenters. The smallest absolute Gasteiger partial charge is 0.172 e. The van der Waals surface area contributed by atoms with E-state index in [9.17, 15) is 33.9 Å². The van der Waals surface area contributed by atoms with Crippen LogP contribution >= 0.6 is 0 Å². The Bertz CT molecular complexity index is 4630. The van der Waals surface area contributed by atoms with Gasteiger partial charge < -0.3 is 50.5 Å². The van der Waals surface area contributed by atoms with Gasteiger partial charge in [0.05, 0.1) is 45.7 Å². The fraction of sp³-hybridized carbons (Fsp3) is 0.833. The largest absolute Gasteiger partial charge is 1.00 e. The zero-order chi connectivity index (χ0) is 94.4. The summed E-state index contributed by atoms with van der Waals surface area (Å²) in [6, 6.07) is 0. The fourth-order valence-corrected chi connectivity index (χ4v) is 37.8. The minimum Gasteiger partial charge on any atom is -1.00 e. The quantitative estimate of drug-likeness (QED) is 0.208. The van der Waals surface area contributed by atoms with Crippen LogP contribution in [0.4, 0.5) is 0 Å². The summed E-state index contributed by atoms with van der Waals surface area (Å²) in [5.74, 6) is 14.4. The summed E-state index contributed by atoms with van der Waals surface area (Å²) in [5, 5.41) is 10.4. The van der Waals surface area contributed by atoms with E-state index in [1.54, 1.807) is 23.6 Å². The number of ketones is 6. The summed E-state index contributed by atoms with van der Waals surface area (Å²) < 4.78 is 35.6. The molecule has 1 N–H and O–H groups in total. The van der Waals surface area contributed by atoms with Gasteiger partial charge in [0.1, 0.15) is 11.6 Å². The number of Topliss-reactive ketones (excluding diaryl/α,β-unsaturated/α-hetero) is 4. The maximum atomic E-state index is 12.7. The van der Waals surface area contributed by atoms with Crippen molar-refractivity contribution < 1.29 is 79.3 Å². The van der Waals surface area contributed by atoms with E-state index in [2.05, 4.69) is 129 Å². The summed E-state index contributed by atoms with van der Waals surface area (Å²) in [6.45, 7) is 47.9. The number of hydrogen-bond acceptors (Lipinski definition) is 13. The van der Waals surface area contributed by atoms with Crippen molar-refractivity contribution in [2.75, 3.05) is 39.6 Å². The predicted molar refractivity (Wildman–Crippen MR) is 528 cm³/mol. The second-order valence-corrected chi connectivity index (χ2v) is 51.9. The number of carbonyl (C=O) groups is 6. The van der Waals surface area contributed by atoms with Gasteiger partial charge in [0.25, 0.3) is 0 Å². The first-order valence-corrected chi connectivity index (χ1v) is 55.7. The summed E-state index contributed by atoms with van der Waals surface area (Å²) >= 11 is 0. The lowest BCUT2D eigenvalue weighted by Gasteiger charge is -2.58. The fourth-order valence-electron chi connectivity index (χ4n) is 37.8. The molecule has 24 rings (SSSR count). The van der Waals surface area contributed by atoms with E-state index >= 15 is 0 Å². The van der Waals surface area contributed by atoms with E-state index in [-0.39, 0.29) is 61.7 Å². The minimum atomic E-state index is -0.480. The van der Waals surface area contributed by atoms with Crippen LogP contribution in [0, 0.1) is 161 Å². The molecule has 19 fully saturated rings. The van der Waals surface area contributed by atoms with Crippen molar-refractivity contribution in [3.05, 3.63) is 81.5 Å². The average molecular weight is 1910 g/mol. The molecule has 3 saturated heterocycles. The Kier molecular flexibility index (Phi) is 29.3. The topological polar surface area (TPSA) is 178 Å². The summed E-state index contributed by atoms with van der Waals surface area (Å²) in [4.78, 5) is 72.4. The van der Waals surface area contributed by atoms with Crippen molar-refractivity contribution >= 4 is 34.7 Å². The van der Waals surface area contributed by atoms with E-state index in [1.807, 2.05) is 19.1 Å². The first-order valence-electron chi connectivity index (χ1n) is 55.7. The number of allylic oxidation sites excluding steroid dienone is 9. The van der Waals surface area contributed by atoms with Crippen LogP contribution in [0.5, 0.6) is 0 Å². The normalized spacial score (nSPS) is 46.7. The number of ether oxygens (including phenoxy) is 6. The highest BCUT2D eigenvalue weighted by molar-refractivity contribution is 5.97. The number of carbonyl (C=O) groups excluding carboxylic acids is 6. The van der Waals surface area contributed by atoms with E-state index in [0.29, 0.717) is 110 Å². The molecule has 0 aromatic carbocycles. The van der Waals surface area contributed by atoms with Crippen LogP contribution in [-0.2, 0) is 57.2 Å². The van der Waals surface area contributed by atoms with Crippen molar-refractivity contribution in [2.45, 2.75) is 430 Å². The van der Waals surface area contributed by atoms with Gasteiger partial charge in [-0.3, -0.25) is 28.8 Å². The molecule has 16 saturated carbocycles. The van der Waals surface area contributed by atoms with Gasteiger partial charge in [0.2, 0.25) is 0 Å². The highest BCUT2D eigenvalue weighted by Gasteiger charge is 2.66. The Morgan fingerprint density at radius 1 is 0.418 bits per heavy atom. The monoisotopic (exact) mass is 1910 g/mol. The summed E-state index contributed by atoms with van der Waals surface area (Å²) in [5.41, 5.74) is 14.5. The molecule has 0 aromatic heterocycles. The van der Waals surface area contributed by atoms with Crippen LogP contribution in [0.3, 0.4) is 0 Å². The van der Waals surface area contributed by atoms with Gasteiger partial charge in [0, 0.05) is 75.5 Å². The molecule has 134 heavy (non-hydrogen) atoms. The highest BCUT2D eigenvalue weighted by atomic mass is 79.9. The van der Waals surface area contributed by atoms with Crippen LogP contribution in [0.1, 0.15) is 407 Å². The van der Waals surface area contributed by atoms with Gasteiger partial charge in [-0.25, -0.2) is 0 Å². The van der Waals surface area contributed by atoms with Crippen LogP contribution in [0.15, 0.2) is 81.5 Å². The first kappa shape index (κ1) is 102. The summed E-state index contributed by atoms with van der Waals surface area (Å²) in [7, 11) is 0. The lowest BCUT2D eigenvalue weighted by Crippen LogP contribution is -3.00. The number of rotatable bonds is 4. The van der Waals surface area contributed by atoms with Crippen LogP contribution < -0.4 is 17.0 Å². The van der Waals surface area contributed by atoms with Gasteiger partial charge in [-0.2, -0.15) is 0 Å². The Morgan fingerprint density at radius 2 is 0.881 bits per heavy atom. The number of halogens is 1. The predicted octanol–water partition coefficient (Wildman–Crippen LogP) is 24.5. The molecular weight excluding hydrogens is 1730 g/mol. The summed E-state index contributed by atoms with van der Waals surface area (Å²) in [6.07, 6.45) is 62.2. The molecule has 24 aliphatic rings. The van der Waals surface area contributed by atoms with Crippen LogP contribution in [0.25, 0.3) is 0 Å². The molecule has 21 aliphatic carbocycles. The third-order valence-corrected chi connectivity index (χ3v) is 46.5. The SMILES string of the molecule is C/C=C1\CCC2C3CC=C4CC5(CC[C@@]4(C)C3CC[C@@]12C)OCCO5.C=C1C(=O)CC[C@@]2(C)[C@H](C)CC[C@H]12.CC(=O)[C@@H]1CCC2C3CCC4=CC(=O)CC[C@@]4(C)C3CC[C@]21C.CCC.C[C@@H]1CCC2C3CCC(=O)C(CCC4(C)OCCO4)=C3CC[C@]21C.C[C@@]12CCC(=O)C=C1CCC1C2CC[C@]2(C)C1CC[C@H]2O.C[C@@]12CCC3C(CC=C4CC5(CC[C@]43C)OCCO5)C1CCC2=O.[Br-]. The lowest BCUT2D eigenvalue weighted by atomic mass is 9.47. The molecule has 13 nitrogen and oxygen atoms in total. The number of fused-ring (bicyclic) bond motifs is 24. The maximum Gasteiger partial charge on any atom is 0.172 e. The van der Waals surface area contributed by atoms with Crippen LogP contribution in [-0.4, -0.2) is 103 Å². The van der Waals surface area contributed by atoms with Crippen LogP contribution in [0.2, 0.25) is 0 Å². The van der Waals surface area contributed by atoms with E-state index in [1.165, 1.54) is 164 Å². The molecule has 3 heterocycles. The number of aliphatic hydroxyl groups excluding tert-OH is 1. The van der Waals surface area contributed by atoms with E-state index < -0.39 is 5.79 Å². The molecule has 0 amide bonds. The molecular formula is C120H180BrO13-. The van der Waals surface area contributed by atoms with Gasteiger partial charge in [-0.15, -0.1) is 0 Å². The highest BCUT2D eigenvalue weighted by Crippen LogP contribution is 2.73. The zero-order valence-corrected chi connectivity index (χ0v) is 88.4. The maximum absolute atomic E-state index is 12.7. The van der Waals surface area contributed by atoms with E-state index in [4.69, 9.17) is 28.4 Å². The molecule has 3 aliphatic heterocycles. The minimum absolute atomic E-state index is 0. The zero-order valence-electron chi connectivity index (χ0n) is 86.9. The Balaban J connectivity index is 0.000000112. The van der Waals surface area contributed by atoms with Crippen molar-refractivity contribution in [1.29, 1.82) is 0 Å². The van der Waals surface area contributed by atoms with Crippen molar-refractivity contribution in [1.82, 2.24) is 0 Å². The average Bonchev–Trinajstić information content (AvgIpc) is 1.41. The Labute approximate surface area is 820 Å². The Hall–Kier alpha value is -3.60. The van der Waals surface area contributed by atoms with E-state index in [0.717, 1.165) is 250 Å². The molecule has 0 radical (unpaired) electrons. The second kappa shape index (κ2) is 38.5. The number of aliphatic hydroxyl groups is 1. The molecule has 0 aromatic rings. The molecule has 14 unspecified atom stereocenters. The second-order valence-electron chi connectivity index (χ2n) is 51.9. The molecule has 746 valence electrons. The third kappa shape index (κ3) is 17.4. The van der Waals surface area contributed by atoms with Crippen molar-refractivity contribution in [3.63, 3.8) is 0 Å². The van der Waals surface area contributed by atoms with Gasteiger partial charge in [-0.1, -0.05) is 162 Å². The van der Waals surface area contributed by atoms with Gasteiger partial charge in [0.15, 0.2) is 40.5 Å². The van der Waals surface area contributed by atoms with Gasteiger partial charge in [-0.05, 0) is 412 Å². The first-order chi connectivity index (χ1) is 63.2. The van der Waals surface area contributed by atoms with Crippen molar-refractivity contribution in [3.8, 4) is 0 Å². The standard InChI is InChI=1S/C23H34O2.C21H30O3.C21H32O3.C21H30O2.C19H28O2.C12H18O.C3H8.BrH/c1-4-16-6-8-19-18-7-5-17-15-23(24-13-14-25-23)12-11-22(17,3)20(18)9-10-21(16,19)2;1-19-9-10-21(23-11-12-24-21)13-14(19)3-4-15-16-5-6-18(22)20(16,2)8-7-17(15)19;1-14-4-6-18-16-5-7-19(22)17(15(16)8-10-20(14,18)2)9-11-21(3)23-12-13-24-21;1-13(22)17-6-7-18-16-5-4-14-12-15(23)8-10-20(14,2)19(16)9-11-21(17,18)3;1-18-9-7-13(20)11-12(18)3-4-14-15-5-6-17(21)19(15,2)10-8-16(14)18;1-8-4-5-10-9(2)11(13)6-7-12(8,10)3;1-3-2;/h4-5,18-20H,6-15H2,1-3H3;3,15-17H,4-13H2,1-2H3;14,16,18H,4-13H2,1-3H3;12,16-19H,4-11H2,1-3H3;11,14-17,21H,3-10H2,1-2H3;8,10H,2,4-7H2,1,3H3;3H2,1-2H3;1H/p-1/b16-4+;;;;;;;/t18?,19?,20?,21-,22+;15?,16?,17?,19-,20-;14-,16?,18?,20+;16?,17-,18?,19?,20+,21-;14?,15?,16?,17-,18-,19-;8-,10-,12+;;/m011011../s1. The molecule has 2 spiro atoms. The lowest BCUT2D eigenvalue weighted by molar-refractivity contribution is -0.185. The van der Waals surface area contributed by atoms with Crippen molar-refractivity contribution in [2.24, 2.45) is 161 Å². The Morgan fingerprint density at radius 3 is 1.44 bits per heavy atom. The third-order valence-electron chi connectivity index (χ3n) is 46.5. The van der Waals surface area contributed by atoms with Gasteiger partial charge >= 0.3 is 0 Å². The molecule has 0 bridgehead atoms.